The van der Waals surface area contributed by atoms with Crippen LogP contribution >= 0.6 is 11.6 Å². The zero-order chi connectivity index (χ0) is 14.8. The molecule has 0 radical (unpaired) electrons. The van der Waals surface area contributed by atoms with Gasteiger partial charge in [0.25, 0.3) is 0 Å². The van der Waals surface area contributed by atoms with Gasteiger partial charge in [0.05, 0.1) is 13.0 Å². The van der Waals surface area contributed by atoms with E-state index in [1.165, 1.54) is 25.7 Å². The highest BCUT2D eigenvalue weighted by molar-refractivity contribution is 6.16. The van der Waals surface area contributed by atoms with Gasteiger partial charge in [0.15, 0.2) is 11.2 Å². The lowest BCUT2D eigenvalue weighted by atomic mass is 10.2. The van der Waals surface area contributed by atoms with Crippen LogP contribution < -0.4 is 4.74 Å². The Bertz CT molecular complexity index is 629. The van der Waals surface area contributed by atoms with Gasteiger partial charge >= 0.3 is 0 Å². The SMILES string of the molecule is CCN1CCCC1Cn1c(CCl)nc2c(OC)ncnc21. The summed E-state index contributed by atoms with van der Waals surface area (Å²) in [6, 6.07) is 0.523. The van der Waals surface area contributed by atoms with Crippen molar-refractivity contribution in [2.24, 2.45) is 0 Å². The molecule has 1 aliphatic rings. The first-order valence-electron chi connectivity index (χ1n) is 7.32. The molecule has 3 rings (SSSR count). The molecule has 6 nitrogen and oxygen atoms in total. The van der Waals surface area contributed by atoms with E-state index in [1.807, 2.05) is 0 Å². The number of likely N-dealkylation sites (N-methyl/N-ethyl adjacent to an activating group) is 1. The number of rotatable bonds is 5. The van der Waals surface area contributed by atoms with Crippen molar-refractivity contribution in [1.82, 2.24) is 24.4 Å². The molecule has 3 heterocycles. The van der Waals surface area contributed by atoms with E-state index in [1.54, 1.807) is 7.11 Å². The summed E-state index contributed by atoms with van der Waals surface area (Å²) in [5.41, 5.74) is 1.50. The van der Waals surface area contributed by atoms with Gasteiger partial charge in [0.1, 0.15) is 12.2 Å². The predicted molar refractivity (Wildman–Crippen MR) is 81.7 cm³/mol. The molecule has 2 aromatic rings. The molecule has 1 unspecified atom stereocenters. The van der Waals surface area contributed by atoms with Crippen molar-refractivity contribution >= 4 is 22.8 Å². The zero-order valence-electron chi connectivity index (χ0n) is 12.4. The van der Waals surface area contributed by atoms with Gasteiger partial charge in [-0.1, -0.05) is 6.92 Å². The van der Waals surface area contributed by atoms with Crippen LogP contribution in [0, 0.1) is 0 Å². The summed E-state index contributed by atoms with van der Waals surface area (Å²) in [6.45, 7) is 5.32. The van der Waals surface area contributed by atoms with Gasteiger partial charge in [-0.15, -0.1) is 11.6 Å². The second-order valence-electron chi connectivity index (χ2n) is 5.25. The van der Waals surface area contributed by atoms with Crippen molar-refractivity contribution in [3.63, 3.8) is 0 Å². The lowest BCUT2D eigenvalue weighted by Crippen LogP contribution is -2.33. The minimum Gasteiger partial charge on any atom is -0.479 e. The van der Waals surface area contributed by atoms with Gasteiger partial charge < -0.3 is 9.30 Å². The third-order valence-electron chi connectivity index (χ3n) is 4.19. The van der Waals surface area contributed by atoms with Crippen LogP contribution in [0.4, 0.5) is 0 Å². The molecule has 1 aliphatic heterocycles. The lowest BCUT2D eigenvalue weighted by Gasteiger charge is -2.23. The van der Waals surface area contributed by atoms with E-state index in [0.29, 0.717) is 23.3 Å². The first kappa shape index (κ1) is 14.5. The Kier molecular flexibility index (Phi) is 4.26. The van der Waals surface area contributed by atoms with Crippen molar-refractivity contribution < 1.29 is 4.74 Å². The quantitative estimate of drug-likeness (QED) is 0.791. The molecule has 0 aromatic carbocycles. The smallest absolute Gasteiger partial charge is 0.245 e. The fourth-order valence-corrected chi connectivity index (χ4v) is 3.34. The van der Waals surface area contributed by atoms with Crippen molar-refractivity contribution in [3.8, 4) is 5.88 Å². The van der Waals surface area contributed by atoms with Crippen LogP contribution in [0.2, 0.25) is 0 Å². The first-order chi connectivity index (χ1) is 10.3. The maximum Gasteiger partial charge on any atom is 0.245 e. The number of halogens is 1. The molecule has 21 heavy (non-hydrogen) atoms. The van der Waals surface area contributed by atoms with Crippen LogP contribution in [-0.2, 0) is 12.4 Å². The molecule has 0 amide bonds. The van der Waals surface area contributed by atoms with Crippen molar-refractivity contribution in [2.45, 2.75) is 38.2 Å². The Morgan fingerprint density at radius 2 is 2.29 bits per heavy atom. The molecular weight excluding hydrogens is 290 g/mol. The van der Waals surface area contributed by atoms with E-state index in [2.05, 4.69) is 31.3 Å². The standard InChI is InChI=1S/C14H20ClN5O/c1-3-19-6-4-5-10(19)8-20-11(7-15)18-12-13(20)16-9-17-14(12)21-2/h9-10H,3-8H2,1-2H3. The van der Waals surface area contributed by atoms with E-state index >= 15 is 0 Å². The summed E-state index contributed by atoms with van der Waals surface area (Å²) in [6.07, 6.45) is 3.97. The zero-order valence-corrected chi connectivity index (χ0v) is 13.2. The molecule has 1 fully saturated rings. The summed E-state index contributed by atoms with van der Waals surface area (Å²) in [5.74, 6) is 1.69. The van der Waals surface area contributed by atoms with Crippen molar-refractivity contribution in [2.75, 3.05) is 20.2 Å². The average Bonchev–Trinajstić information content (AvgIpc) is 3.11. The maximum absolute atomic E-state index is 6.07. The second kappa shape index (κ2) is 6.15. The fourth-order valence-electron chi connectivity index (χ4n) is 3.13. The van der Waals surface area contributed by atoms with E-state index in [-0.39, 0.29) is 0 Å². The number of alkyl halides is 1. The monoisotopic (exact) mass is 309 g/mol. The molecule has 0 aliphatic carbocycles. The molecule has 1 saturated heterocycles. The first-order valence-corrected chi connectivity index (χ1v) is 7.86. The molecule has 0 saturated carbocycles. The summed E-state index contributed by atoms with van der Waals surface area (Å²) < 4.78 is 7.39. The fraction of sp³-hybridized carbons (Fsp3) is 0.643. The molecular formula is C14H20ClN5O. The predicted octanol–water partition coefficient (Wildman–Crippen LogP) is 2.06. The average molecular weight is 310 g/mol. The Morgan fingerprint density at radius 3 is 3.00 bits per heavy atom. The van der Waals surface area contributed by atoms with Crippen LogP contribution in [0.3, 0.4) is 0 Å². The van der Waals surface area contributed by atoms with Crippen LogP contribution in [0.15, 0.2) is 6.33 Å². The van der Waals surface area contributed by atoms with Crippen LogP contribution in [0.1, 0.15) is 25.6 Å². The van der Waals surface area contributed by atoms with Crippen molar-refractivity contribution in [3.05, 3.63) is 12.2 Å². The van der Waals surface area contributed by atoms with Gasteiger partial charge in [-0.25, -0.2) is 9.97 Å². The summed E-state index contributed by atoms with van der Waals surface area (Å²) in [4.78, 5) is 15.6. The summed E-state index contributed by atoms with van der Waals surface area (Å²) in [7, 11) is 1.59. The van der Waals surface area contributed by atoms with Crippen LogP contribution in [0.25, 0.3) is 11.2 Å². The maximum atomic E-state index is 6.07. The number of nitrogens with zero attached hydrogens (tertiary/aromatic N) is 5. The highest BCUT2D eigenvalue weighted by Crippen LogP contribution is 2.25. The number of methoxy groups -OCH3 is 1. The molecule has 7 heteroatoms. The third kappa shape index (κ3) is 2.58. The van der Waals surface area contributed by atoms with Gasteiger partial charge in [0.2, 0.25) is 5.88 Å². The van der Waals surface area contributed by atoms with E-state index in [9.17, 15) is 0 Å². The molecule has 0 N–H and O–H groups in total. The summed E-state index contributed by atoms with van der Waals surface area (Å²) >= 11 is 6.07. The minimum absolute atomic E-state index is 0.359. The molecule has 0 bridgehead atoms. The van der Waals surface area contributed by atoms with Crippen LogP contribution in [0.5, 0.6) is 5.88 Å². The largest absolute Gasteiger partial charge is 0.479 e. The minimum atomic E-state index is 0.359. The Balaban J connectivity index is 2.00. The highest BCUT2D eigenvalue weighted by Gasteiger charge is 2.26. The number of fused-ring (bicyclic) bond motifs is 1. The third-order valence-corrected chi connectivity index (χ3v) is 4.43. The van der Waals surface area contributed by atoms with Gasteiger partial charge in [0, 0.05) is 12.6 Å². The molecule has 114 valence electrons. The van der Waals surface area contributed by atoms with E-state index in [4.69, 9.17) is 16.3 Å². The topological polar surface area (TPSA) is 56.1 Å². The highest BCUT2D eigenvalue weighted by atomic mass is 35.5. The van der Waals surface area contributed by atoms with Gasteiger partial charge in [-0.05, 0) is 25.9 Å². The second-order valence-corrected chi connectivity index (χ2v) is 5.52. The normalized spacial score (nSPS) is 19.5. The van der Waals surface area contributed by atoms with Crippen molar-refractivity contribution in [1.29, 1.82) is 0 Å². The molecule has 1 atom stereocenters. The number of aromatic nitrogens is 4. The number of ether oxygens (including phenoxy) is 1. The number of likely N-dealkylation sites (tertiary alicyclic amines) is 1. The summed E-state index contributed by atoms with van der Waals surface area (Å²) in [5, 5.41) is 0. The Morgan fingerprint density at radius 1 is 1.43 bits per heavy atom. The van der Waals surface area contributed by atoms with E-state index in [0.717, 1.165) is 24.6 Å². The Labute approximate surface area is 129 Å². The number of imidazole rings is 1. The van der Waals surface area contributed by atoms with Gasteiger partial charge in [-0.2, -0.15) is 4.98 Å². The Hall–Kier alpha value is -1.40. The van der Waals surface area contributed by atoms with Crippen LogP contribution in [-0.4, -0.2) is 50.7 Å². The number of hydrogen-bond donors (Lipinski definition) is 0. The molecule has 2 aromatic heterocycles. The van der Waals surface area contributed by atoms with Gasteiger partial charge in [-0.3, -0.25) is 4.90 Å². The van der Waals surface area contributed by atoms with E-state index < -0.39 is 0 Å². The number of hydrogen-bond acceptors (Lipinski definition) is 5. The molecule has 0 spiro atoms. The lowest BCUT2D eigenvalue weighted by molar-refractivity contribution is 0.244.